The molecule has 0 saturated carbocycles. The molecule has 0 radical (unpaired) electrons. The molecule has 0 fully saturated rings. The van der Waals surface area contributed by atoms with E-state index in [4.69, 9.17) is 22.1 Å². The molecular formula is C13H16ClN3O. The second-order valence-electron chi connectivity index (χ2n) is 4.25. The van der Waals surface area contributed by atoms with E-state index >= 15 is 0 Å². The van der Waals surface area contributed by atoms with Crippen LogP contribution in [0.1, 0.15) is 11.1 Å². The number of nitrogen functional groups attached to an aromatic ring is 1. The van der Waals surface area contributed by atoms with Gasteiger partial charge in [0, 0.05) is 11.2 Å². The lowest BCUT2D eigenvalue weighted by Crippen LogP contribution is -2.09. The van der Waals surface area contributed by atoms with Crippen molar-refractivity contribution in [2.24, 2.45) is 0 Å². The molecule has 18 heavy (non-hydrogen) atoms. The van der Waals surface area contributed by atoms with Gasteiger partial charge in [0.15, 0.2) is 0 Å². The summed E-state index contributed by atoms with van der Waals surface area (Å²) in [6, 6.07) is 3.80. The molecule has 0 saturated heterocycles. The van der Waals surface area contributed by atoms with Crippen LogP contribution >= 0.6 is 11.6 Å². The fourth-order valence-corrected chi connectivity index (χ4v) is 2.20. The Hall–Kier alpha value is -1.68. The molecular weight excluding hydrogens is 250 g/mol. The van der Waals surface area contributed by atoms with E-state index in [0.717, 1.165) is 21.9 Å². The van der Waals surface area contributed by atoms with Gasteiger partial charge in [0.1, 0.15) is 12.4 Å². The molecule has 96 valence electrons. The predicted molar refractivity (Wildman–Crippen MR) is 73.1 cm³/mol. The molecule has 1 aromatic heterocycles. The molecule has 5 heteroatoms. The number of nitrogens with zero attached hydrogens (tertiary/aromatic N) is 2. The molecule has 0 bridgehead atoms. The molecule has 0 spiro atoms. The summed E-state index contributed by atoms with van der Waals surface area (Å²) in [5.41, 5.74) is 8.33. The Bertz CT molecular complexity index is 528. The number of hydrogen-bond acceptors (Lipinski definition) is 3. The zero-order chi connectivity index (χ0) is 13.1. The lowest BCUT2D eigenvalue weighted by molar-refractivity contribution is 0.288. The van der Waals surface area contributed by atoms with Crippen molar-refractivity contribution in [2.75, 3.05) is 12.3 Å². The molecule has 1 heterocycles. The molecule has 0 aliphatic heterocycles. The third-order valence-electron chi connectivity index (χ3n) is 2.65. The first-order chi connectivity index (χ1) is 8.56. The molecule has 0 aliphatic carbocycles. The Balaban J connectivity index is 1.98. The van der Waals surface area contributed by atoms with Gasteiger partial charge in [0.2, 0.25) is 0 Å². The predicted octanol–water partition coefficient (Wildman–Crippen LogP) is 2.81. The van der Waals surface area contributed by atoms with Crippen LogP contribution in [0.2, 0.25) is 5.02 Å². The van der Waals surface area contributed by atoms with Crippen molar-refractivity contribution in [3.63, 3.8) is 0 Å². The van der Waals surface area contributed by atoms with E-state index in [1.54, 1.807) is 17.1 Å². The fourth-order valence-electron chi connectivity index (χ4n) is 1.87. The van der Waals surface area contributed by atoms with E-state index in [2.05, 4.69) is 5.10 Å². The van der Waals surface area contributed by atoms with Gasteiger partial charge in [-0.2, -0.15) is 5.10 Å². The van der Waals surface area contributed by atoms with E-state index < -0.39 is 0 Å². The van der Waals surface area contributed by atoms with E-state index in [1.165, 1.54) is 0 Å². The molecule has 2 rings (SSSR count). The Morgan fingerprint density at radius 3 is 2.56 bits per heavy atom. The Morgan fingerprint density at radius 2 is 2.00 bits per heavy atom. The van der Waals surface area contributed by atoms with Gasteiger partial charge in [0.05, 0.1) is 18.4 Å². The first-order valence-electron chi connectivity index (χ1n) is 5.74. The van der Waals surface area contributed by atoms with E-state index in [1.807, 2.05) is 26.0 Å². The number of benzene rings is 1. The summed E-state index contributed by atoms with van der Waals surface area (Å²) in [7, 11) is 0. The van der Waals surface area contributed by atoms with Crippen molar-refractivity contribution >= 4 is 17.3 Å². The minimum absolute atomic E-state index is 0.546. The molecule has 0 unspecified atom stereocenters. The topological polar surface area (TPSA) is 53.1 Å². The molecule has 4 nitrogen and oxygen atoms in total. The third kappa shape index (κ3) is 2.96. The minimum Gasteiger partial charge on any atom is -0.491 e. The quantitative estimate of drug-likeness (QED) is 0.925. The highest BCUT2D eigenvalue weighted by Crippen LogP contribution is 2.26. The number of aromatic nitrogens is 2. The minimum atomic E-state index is 0.546. The summed E-state index contributed by atoms with van der Waals surface area (Å²) in [6.45, 7) is 5.18. The van der Waals surface area contributed by atoms with Crippen LogP contribution in [-0.4, -0.2) is 16.4 Å². The maximum atomic E-state index is 5.97. The molecule has 0 aliphatic rings. The van der Waals surface area contributed by atoms with Gasteiger partial charge in [-0.3, -0.25) is 4.68 Å². The van der Waals surface area contributed by atoms with Crippen molar-refractivity contribution < 1.29 is 4.74 Å². The van der Waals surface area contributed by atoms with Crippen LogP contribution in [-0.2, 0) is 6.54 Å². The van der Waals surface area contributed by atoms with Crippen LogP contribution in [0.5, 0.6) is 5.75 Å². The summed E-state index contributed by atoms with van der Waals surface area (Å²) >= 11 is 5.97. The van der Waals surface area contributed by atoms with Gasteiger partial charge in [0.25, 0.3) is 0 Å². The van der Waals surface area contributed by atoms with Crippen molar-refractivity contribution in [3.05, 3.63) is 40.7 Å². The van der Waals surface area contributed by atoms with E-state index in [-0.39, 0.29) is 0 Å². The normalized spacial score (nSPS) is 10.6. The highest BCUT2D eigenvalue weighted by atomic mass is 35.5. The lowest BCUT2D eigenvalue weighted by Gasteiger charge is -2.12. The number of halogens is 1. The van der Waals surface area contributed by atoms with E-state index in [0.29, 0.717) is 18.8 Å². The Labute approximate surface area is 111 Å². The van der Waals surface area contributed by atoms with Crippen molar-refractivity contribution in [3.8, 4) is 5.75 Å². The van der Waals surface area contributed by atoms with Gasteiger partial charge in [-0.05, 0) is 37.1 Å². The average Bonchev–Trinajstić information content (AvgIpc) is 2.68. The van der Waals surface area contributed by atoms with Gasteiger partial charge in [-0.25, -0.2) is 0 Å². The number of anilines is 1. The van der Waals surface area contributed by atoms with Crippen LogP contribution in [0, 0.1) is 13.8 Å². The van der Waals surface area contributed by atoms with Gasteiger partial charge in [-0.15, -0.1) is 0 Å². The molecule has 1 aromatic carbocycles. The number of aryl methyl sites for hydroxylation is 2. The van der Waals surface area contributed by atoms with Crippen molar-refractivity contribution in [1.82, 2.24) is 9.78 Å². The smallest absolute Gasteiger partial charge is 0.125 e. The van der Waals surface area contributed by atoms with Gasteiger partial charge in [-0.1, -0.05) is 11.6 Å². The first kappa shape index (κ1) is 12.8. The third-order valence-corrected chi connectivity index (χ3v) is 2.86. The van der Waals surface area contributed by atoms with Crippen LogP contribution in [0.3, 0.4) is 0 Å². The number of rotatable bonds is 4. The summed E-state index contributed by atoms with van der Waals surface area (Å²) in [4.78, 5) is 0. The zero-order valence-electron chi connectivity index (χ0n) is 10.5. The second kappa shape index (κ2) is 5.31. The summed E-state index contributed by atoms with van der Waals surface area (Å²) in [5, 5.41) is 4.83. The van der Waals surface area contributed by atoms with Gasteiger partial charge >= 0.3 is 0 Å². The number of ether oxygens (including phenoxy) is 1. The zero-order valence-corrected chi connectivity index (χ0v) is 11.2. The first-order valence-corrected chi connectivity index (χ1v) is 6.11. The highest BCUT2D eigenvalue weighted by molar-refractivity contribution is 6.30. The standard InChI is InChI=1S/C13H16ClN3O/c1-9-5-11(14)6-10(2)13(9)18-4-3-17-8-12(15)7-16-17/h5-8H,3-4,15H2,1-2H3. The Morgan fingerprint density at radius 1 is 1.33 bits per heavy atom. The fraction of sp³-hybridized carbons (Fsp3) is 0.308. The maximum absolute atomic E-state index is 5.97. The molecule has 2 N–H and O–H groups in total. The monoisotopic (exact) mass is 265 g/mol. The summed E-state index contributed by atoms with van der Waals surface area (Å²) in [5.74, 6) is 0.888. The van der Waals surface area contributed by atoms with Crippen molar-refractivity contribution in [1.29, 1.82) is 0 Å². The lowest BCUT2D eigenvalue weighted by atomic mass is 10.1. The van der Waals surface area contributed by atoms with E-state index in [9.17, 15) is 0 Å². The van der Waals surface area contributed by atoms with Gasteiger partial charge < -0.3 is 10.5 Å². The number of hydrogen-bond donors (Lipinski definition) is 1. The molecule has 2 aromatic rings. The SMILES string of the molecule is Cc1cc(Cl)cc(C)c1OCCn1cc(N)cn1. The highest BCUT2D eigenvalue weighted by Gasteiger charge is 2.05. The average molecular weight is 266 g/mol. The van der Waals surface area contributed by atoms with Crippen LogP contribution in [0.15, 0.2) is 24.5 Å². The second-order valence-corrected chi connectivity index (χ2v) is 4.69. The number of nitrogens with two attached hydrogens (primary N) is 1. The summed E-state index contributed by atoms with van der Waals surface area (Å²) in [6.07, 6.45) is 3.41. The van der Waals surface area contributed by atoms with Crippen molar-refractivity contribution in [2.45, 2.75) is 20.4 Å². The maximum Gasteiger partial charge on any atom is 0.125 e. The largest absolute Gasteiger partial charge is 0.491 e. The molecule has 0 amide bonds. The summed E-state index contributed by atoms with van der Waals surface area (Å²) < 4.78 is 7.54. The van der Waals surface area contributed by atoms with Crippen LogP contribution in [0.4, 0.5) is 5.69 Å². The Kier molecular flexibility index (Phi) is 3.77. The van der Waals surface area contributed by atoms with Crippen LogP contribution in [0.25, 0.3) is 0 Å². The van der Waals surface area contributed by atoms with Crippen LogP contribution < -0.4 is 10.5 Å². The molecule has 0 atom stereocenters.